The maximum absolute atomic E-state index is 12.4. The Labute approximate surface area is 166 Å². The van der Waals surface area contributed by atoms with Crippen molar-refractivity contribution in [2.45, 2.75) is 11.8 Å². The Balaban J connectivity index is 1.78. The Kier molecular flexibility index (Phi) is 6.08. The molecule has 7 heteroatoms. The van der Waals surface area contributed by atoms with Crippen molar-refractivity contribution in [3.05, 3.63) is 63.9 Å². The molecule has 1 aromatic heterocycles. The second-order valence-corrected chi connectivity index (χ2v) is 7.29. The van der Waals surface area contributed by atoms with E-state index in [4.69, 9.17) is 16.3 Å². The van der Waals surface area contributed by atoms with Gasteiger partial charge < -0.3 is 14.6 Å². The van der Waals surface area contributed by atoms with E-state index in [-0.39, 0.29) is 17.2 Å². The third kappa shape index (κ3) is 4.46. The summed E-state index contributed by atoms with van der Waals surface area (Å²) in [6.45, 7) is 2.41. The lowest BCUT2D eigenvalue weighted by atomic mass is 10.2. The number of pyridine rings is 1. The Hall–Kier alpha value is -2.44. The van der Waals surface area contributed by atoms with Gasteiger partial charge in [0.15, 0.2) is 0 Å². The molecule has 1 N–H and O–H groups in total. The molecule has 0 aliphatic heterocycles. The molecule has 0 spiro atoms. The quantitative estimate of drug-likeness (QED) is 0.624. The van der Waals surface area contributed by atoms with E-state index in [0.717, 1.165) is 15.8 Å². The van der Waals surface area contributed by atoms with Crippen LogP contribution in [-0.4, -0.2) is 22.8 Å². The minimum Gasteiger partial charge on any atom is -0.492 e. The minimum atomic E-state index is -0.171. The average Bonchev–Trinajstić information content (AvgIpc) is 2.65. The lowest BCUT2D eigenvalue weighted by molar-refractivity contribution is -0.113. The molecule has 0 saturated carbocycles. The number of halogens is 1. The summed E-state index contributed by atoms with van der Waals surface area (Å²) in [5.74, 6) is 0.632. The van der Waals surface area contributed by atoms with Crippen LogP contribution in [0.2, 0.25) is 5.02 Å². The fourth-order valence-electron chi connectivity index (χ4n) is 2.70. The van der Waals surface area contributed by atoms with E-state index in [0.29, 0.717) is 23.1 Å². The van der Waals surface area contributed by atoms with Crippen LogP contribution in [0, 0.1) is 0 Å². The average molecular weight is 403 g/mol. The van der Waals surface area contributed by atoms with Crippen LogP contribution in [-0.2, 0) is 11.8 Å². The van der Waals surface area contributed by atoms with Crippen molar-refractivity contribution in [2.24, 2.45) is 7.05 Å². The normalized spacial score (nSPS) is 10.8. The van der Waals surface area contributed by atoms with Crippen LogP contribution in [0.3, 0.4) is 0 Å². The summed E-state index contributed by atoms with van der Waals surface area (Å²) < 4.78 is 7.07. The molecular weight excluding hydrogens is 384 g/mol. The predicted octanol–water partition coefficient (Wildman–Crippen LogP) is 4.32. The zero-order valence-corrected chi connectivity index (χ0v) is 16.6. The van der Waals surface area contributed by atoms with Crippen LogP contribution in [0.5, 0.6) is 5.75 Å². The molecule has 0 aliphatic carbocycles. The number of hydrogen-bond donors (Lipinski definition) is 1. The van der Waals surface area contributed by atoms with Crippen molar-refractivity contribution in [3.63, 3.8) is 0 Å². The fourth-order valence-corrected chi connectivity index (χ4v) is 3.73. The number of nitrogens with one attached hydrogen (secondary N) is 1. The molecule has 0 fully saturated rings. The number of carbonyl (C=O) groups excluding carboxylic acids is 1. The second-order valence-electron chi connectivity index (χ2n) is 5.83. The molecule has 2 aromatic carbocycles. The van der Waals surface area contributed by atoms with E-state index in [1.165, 1.54) is 11.8 Å². The van der Waals surface area contributed by atoms with Gasteiger partial charge in [0.1, 0.15) is 5.75 Å². The van der Waals surface area contributed by atoms with Crippen LogP contribution in [0.15, 0.2) is 58.2 Å². The minimum absolute atomic E-state index is 0.144. The number of aromatic nitrogens is 1. The van der Waals surface area contributed by atoms with Gasteiger partial charge in [0.25, 0.3) is 5.56 Å². The molecule has 3 rings (SSSR count). The third-order valence-corrected chi connectivity index (χ3v) is 5.28. The number of carbonyl (C=O) groups is 1. The Bertz CT molecular complexity index is 1050. The van der Waals surface area contributed by atoms with Gasteiger partial charge in [0, 0.05) is 28.4 Å². The number of nitrogens with zero attached hydrogens (tertiary/aromatic N) is 1. The first kappa shape index (κ1) is 19.3. The smallest absolute Gasteiger partial charge is 0.251 e. The first-order valence-electron chi connectivity index (χ1n) is 8.43. The van der Waals surface area contributed by atoms with Crippen LogP contribution in [0.1, 0.15) is 6.92 Å². The highest BCUT2D eigenvalue weighted by molar-refractivity contribution is 8.00. The molecule has 0 unspecified atom stereocenters. The first-order chi connectivity index (χ1) is 13.0. The molecule has 0 saturated heterocycles. The Morgan fingerprint density at radius 1 is 1.22 bits per heavy atom. The number of fused-ring (bicyclic) bond motifs is 1. The summed E-state index contributed by atoms with van der Waals surface area (Å²) in [6.07, 6.45) is 0. The zero-order valence-electron chi connectivity index (χ0n) is 15.0. The third-order valence-electron chi connectivity index (χ3n) is 3.99. The number of hydrogen-bond acceptors (Lipinski definition) is 4. The highest BCUT2D eigenvalue weighted by Crippen LogP contribution is 2.29. The van der Waals surface area contributed by atoms with Crippen LogP contribution < -0.4 is 15.6 Å². The first-order valence-corrected chi connectivity index (χ1v) is 9.79. The van der Waals surface area contributed by atoms with E-state index >= 15 is 0 Å². The number of aryl methyl sites for hydroxylation is 1. The SMILES string of the molecule is CCOc1ccccc1NC(=O)CSc1cc(=O)n(C)c2cc(Cl)ccc12. The molecule has 5 nitrogen and oxygen atoms in total. The summed E-state index contributed by atoms with van der Waals surface area (Å²) in [7, 11) is 1.70. The van der Waals surface area contributed by atoms with Crippen molar-refractivity contribution < 1.29 is 9.53 Å². The second kappa shape index (κ2) is 8.50. The van der Waals surface area contributed by atoms with Crippen LogP contribution >= 0.6 is 23.4 Å². The maximum atomic E-state index is 12.4. The summed E-state index contributed by atoms with van der Waals surface area (Å²) in [5, 5.41) is 4.30. The molecule has 3 aromatic rings. The summed E-state index contributed by atoms with van der Waals surface area (Å²) in [5.41, 5.74) is 1.22. The standard InChI is InChI=1S/C20H19ClN2O3S/c1-3-26-17-7-5-4-6-15(17)22-19(24)12-27-18-11-20(25)23(2)16-10-13(21)8-9-14(16)18/h4-11H,3,12H2,1-2H3,(H,22,24). The van der Waals surface area contributed by atoms with Gasteiger partial charge in [-0.15, -0.1) is 11.8 Å². The van der Waals surface area contributed by atoms with E-state index in [2.05, 4.69) is 5.32 Å². The summed E-state index contributed by atoms with van der Waals surface area (Å²) in [4.78, 5) is 25.3. The van der Waals surface area contributed by atoms with E-state index in [9.17, 15) is 9.59 Å². The molecule has 0 radical (unpaired) electrons. The van der Waals surface area contributed by atoms with Gasteiger partial charge in [-0.05, 0) is 31.2 Å². The largest absolute Gasteiger partial charge is 0.492 e. The molecule has 0 atom stereocenters. The predicted molar refractivity (Wildman–Crippen MR) is 111 cm³/mol. The van der Waals surface area contributed by atoms with Gasteiger partial charge in [-0.2, -0.15) is 0 Å². The molecule has 0 aliphatic rings. The van der Waals surface area contributed by atoms with Crippen molar-refractivity contribution in [2.75, 3.05) is 17.7 Å². The topological polar surface area (TPSA) is 60.3 Å². The van der Waals surface area contributed by atoms with Gasteiger partial charge in [-0.1, -0.05) is 29.8 Å². The summed E-state index contributed by atoms with van der Waals surface area (Å²) in [6, 6.07) is 14.2. The number of benzene rings is 2. The van der Waals surface area contributed by atoms with Crippen LogP contribution in [0.25, 0.3) is 10.9 Å². The van der Waals surface area contributed by atoms with Gasteiger partial charge in [-0.3, -0.25) is 9.59 Å². The van der Waals surface area contributed by atoms with Gasteiger partial charge >= 0.3 is 0 Å². The number of para-hydroxylation sites is 2. The highest BCUT2D eigenvalue weighted by Gasteiger charge is 2.12. The fraction of sp³-hybridized carbons (Fsp3) is 0.200. The molecular formula is C20H19ClN2O3S. The lowest BCUT2D eigenvalue weighted by Crippen LogP contribution is -2.17. The monoisotopic (exact) mass is 402 g/mol. The van der Waals surface area contributed by atoms with Crippen molar-refractivity contribution in [3.8, 4) is 5.75 Å². The van der Waals surface area contributed by atoms with Crippen LogP contribution in [0.4, 0.5) is 5.69 Å². The van der Waals surface area contributed by atoms with Gasteiger partial charge in [-0.25, -0.2) is 0 Å². The number of amides is 1. The Morgan fingerprint density at radius 3 is 2.78 bits per heavy atom. The van der Waals surface area contributed by atoms with Crippen molar-refractivity contribution in [1.82, 2.24) is 4.57 Å². The van der Waals surface area contributed by atoms with E-state index in [1.807, 2.05) is 31.2 Å². The van der Waals surface area contributed by atoms with Gasteiger partial charge in [0.05, 0.1) is 23.6 Å². The van der Waals surface area contributed by atoms with E-state index in [1.54, 1.807) is 35.9 Å². The number of ether oxygens (including phenoxy) is 1. The van der Waals surface area contributed by atoms with Crippen molar-refractivity contribution >= 4 is 45.9 Å². The molecule has 140 valence electrons. The molecule has 0 bridgehead atoms. The number of rotatable bonds is 6. The lowest BCUT2D eigenvalue weighted by Gasteiger charge is -2.12. The number of thioether (sulfide) groups is 1. The highest BCUT2D eigenvalue weighted by atomic mass is 35.5. The van der Waals surface area contributed by atoms with Gasteiger partial charge in [0.2, 0.25) is 5.91 Å². The Morgan fingerprint density at radius 2 is 2.00 bits per heavy atom. The molecule has 1 heterocycles. The van der Waals surface area contributed by atoms with E-state index < -0.39 is 0 Å². The maximum Gasteiger partial charge on any atom is 0.251 e. The molecule has 27 heavy (non-hydrogen) atoms. The summed E-state index contributed by atoms with van der Waals surface area (Å²) >= 11 is 7.37. The number of anilines is 1. The zero-order chi connectivity index (χ0) is 19.4. The van der Waals surface area contributed by atoms with Crippen molar-refractivity contribution in [1.29, 1.82) is 0 Å². The molecule has 1 amide bonds.